The van der Waals surface area contributed by atoms with Crippen LogP contribution in [0.3, 0.4) is 0 Å². The van der Waals surface area contributed by atoms with E-state index in [0.29, 0.717) is 18.9 Å². The number of hydrogen-bond donors (Lipinski definition) is 2. The van der Waals surface area contributed by atoms with Crippen molar-refractivity contribution in [1.29, 1.82) is 0 Å². The normalized spacial score (nSPS) is 19.8. The molecule has 2 aliphatic rings. The number of rotatable bonds is 6. The van der Waals surface area contributed by atoms with Crippen molar-refractivity contribution >= 4 is 26.8 Å². The van der Waals surface area contributed by atoms with Gasteiger partial charge < -0.3 is 19.2 Å². The zero-order valence-electron chi connectivity index (χ0n) is 25.9. The molecular formula is C35H41N3O6S. The first kappa shape index (κ1) is 31.1. The van der Waals surface area contributed by atoms with Crippen molar-refractivity contribution < 1.29 is 27.4 Å². The van der Waals surface area contributed by atoms with E-state index in [1.54, 1.807) is 37.4 Å². The molecule has 0 aliphatic carbocycles. The first-order valence-electron chi connectivity index (χ1n) is 15.7. The van der Waals surface area contributed by atoms with Gasteiger partial charge in [0.1, 0.15) is 11.5 Å². The van der Waals surface area contributed by atoms with Crippen molar-refractivity contribution in [2.75, 3.05) is 26.9 Å². The van der Waals surface area contributed by atoms with Gasteiger partial charge in [0.2, 0.25) is 0 Å². The fourth-order valence-electron chi connectivity index (χ4n) is 6.54. The molecule has 1 fully saturated rings. The highest BCUT2D eigenvalue weighted by molar-refractivity contribution is 7.90. The smallest absolute Gasteiger partial charge is 0.265 e. The molecular weight excluding hydrogens is 590 g/mol. The van der Waals surface area contributed by atoms with Crippen molar-refractivity contribution in [2.45, 2.75) is 69.0 Å². The minimum atomic E-state index is -4.02. The summed E-state index contributed by atoms with van der Waals surface area (Å²) in [6.45, 7) is 4.81. The van der Waals surface area contributed by atoms with E-state index in [2.05, 4.69) is 33.7 Å². The lowest BCUT2D eigenvalue weighted by Gasteiger charge is -2.40. The molecule has 2 atom stereocenters. The number of H-pyrrole nitrogens is 1. The summed E-state index contributed by atoms with van der Waals surface area (Å²) in [5, 5.41) is 1.14. The Balaban J connectivity index is 1.35. The Morgan fingerprint density at radius 3 is 2.64 bits per heavy atom. The van der Waals surface area contributed by atoms with Gasteiger partial charge in [-0.3, -0.25) is 9.69 Å². The summed E-state index contributed by atoms with van der Waals surface area (Å²) in [7, 11) is -2.31. The van der Waals surface area contributed by atoms with Crippen molar-refractivity contribution in [3.63, 3.8) is 0 Å². The first-order valence-corrected chi connectivity index (χ1v) is 17.2. The molecule has 9 nitrogen and oxygen atoms in total. The van der Waals surface area contributed by atoms with E-state index < -0.39 is 15.9 Å². The number of hydrogen-bond acceptors (Lipinski definition) is 7. The topological polar surface area (TPSA) is 110 Å². The van der Waals surface area contributed by atoms with Crippen LogP contribution < -0.4 is 14.2 Å². The van der Waals surface area contributed by atoms with Gasteiger partial charge in [-0.05, 0) is 81.0 Å². The molecule has 1 saturated heterocycles. The summed E-state index contributed by atoms with van der Waals surface area (Å²) in [4.78, 5) is 19.1. The number of sulfonamides is 1. The van der Waals surface area contributed by atoms with Crippen LogP contribution in [0.1, 0.15) is 71.6 Å². The van der Waals surface area contributed by atoms with E-state index >= 15 is 0 Å². The lowest BCUT2D eigenvalue weighted by Crippen LogP contribution is -2.40. The molecule has 2 N–H and O–H groups in total. The van der Waals surface area contributed by atoms with Gasteiger partial charge in [-0.25, -0.2) is 13.1 Å². The van der Waals surface area contributed by atoms with Crippen LogP contribution in [0.4, 0.5) is 0 Å². The van der Waals surface area contributed by atoms with E-state index in [1.807, 2.05) is 12.3 Å². The second-order valence-electron chi connectivity index (χ2n) is 11.9. The van der Waals surface area contributed by atoms with Crippen molar-refractivity contribution in [2.24, 2.45) is 0 Å². The van der Waals surface area contributed by atoms with Crippen LogP contribution in [0, 0.1) is 6.92 Å². The van der Waals surface area contributed by atoms with Gasteiger partial charge in [-0.2, -0.15) is 0 Å². The zero-order chi connectivity index (χ0) is 31.4. The van der Waals surface area contributed by atoms with Crippen molar-refractivity contribution in [3.05, 3.63) is 89.1 Å². The molecule has 6 rings (SSSR count). The third kappa shape index (κ3) is 6.88. The quantitative estimate of drug-likeness (QED) is 0.258. The Hall–Kier alpha value is -3.86. The van der Waals surface area contributed by atoms with Crippen molar-refractivity contribution in [1.82, 2.24) is 14.6 Å². The number of piperidine rings is 1. The number of nitrogens with one attached hydrogen (secondary N) is 2. The monoisotopic (exact) mass is 631 g/mol. The predicted octanol–water partition coefficient (Wildman–Crippen LogP) is 6.28. The number of methoxy groups -OCH3 is 1. The molecule has 4 aromatic rings. The number of ether oxygens (including phenoxy) is 3. The molecule has 238 valence electrons. The van der Waals surface area contributed by atoms with E-state index in [0.717, 1.165) is 85.0 Å². The first-order chi connectivity index (χ1) is 21.8. The maximum Gasteiger partial charge on any atom is 0.265 e. The Bertz CT molecular complexity index is 1750. The number of aryl methyl sites for hydroxylation is 1. The highest BCUT2D eigenvalue weighted by atomic mass is 32.2. The number of aromatic amines is 1. The molecule has 2 aliphatic heterocycles. The van der Waals surface area contributed by atoms with Gasteiger partial charge in [-0.15, -0.1) is 0 Å². The van der Waals surface area contributed by atoms with E-state index in [4.69, 9.17) is 14.2 Å². The van der Waals surface area contributed by atoms with Crippen LogP contribution in [-0.2, 0) is 21.3 Å². The molecule has 45 heavy (non-hydrogen) atoms. The number of likely N-dealkylation sites (tertiary alicyclic amines) is 1. The van der Waals surface area contributed by atoms with Crippen LogP contribution in [0.2, 0.25) is 0 Å². The van der Waals surface area contributed by atoms with Crippen LogP contribution >= 0.6 is 0 Å². The Morgan fingerprint density at radius 1 is 1.04 bits per heavy atom. The number of nitrogens with zero attached hydrogens (tertiary/aromatic N) is 1. The fraction of sp³-hybridized carbons (Fsp3) is 0.400. The molecule has 0 spiro atoms. The summed E-state index contributed by atoms with van der Waals surface area (Å²) in [5.41, 5.74) is 4.53. The summed E-state index contributed by atoms with van der Waals surface area (Å²) in [6.07, 6.45) is 7.74. The maximum atomic E-state index is 13.3. The van der Waals surface area contributed by atoms with Gasteiger partial charge in [0.25, 0.3) is 15.9 Å². The summed E-state index contributed by atoms with van der Waals surface area (Å²) < 4.78 is 46.7. The number of carbonyl (C=O) groups is 1. The SMILES string of the molecule is COc1cc(C)c2[nH]ccc2c1CN1CC[C@H]2C[C@H]1c1ccc(C(=O)NS(=O)(=O)c3ccccc3)cc1OCCCCCCO2. The molecule has 10 heteroatoms. The van der Waals surface area contributed by atoms with Crippen LogP contribution in [0.15, 0.2) is 71.8 Å². The molecule has 1 aromatic heterocycles. The maximum absolute atomic E-state index is 13.3. The summed E-state index contributed by atoms with van der Waals surface area (Å²) in [5.74, 6) is 0.747. The number of benzene rings is 3. The van der Waals surface area contributed by atoms with Gasteiger partial charge in [0, 0.05) is 59.5 Å². The highest BCUT2D eigenvalue weighted by Gasteiger charge is 2.34. The molecule has 3 heterocycles. The van der Waals surface area contributed by atoms with Crippen LogP contribution in [0.5, 0.6) is 11.5 Å². The van der Waals surface area contributed by atoms with Gasteiger partial charge in [0.15, 0.2) is 0 Å². The predicted molar refractivity (Wildman–Crippen MR) is 173 cm³/mol. The van der Waals surface area contributed by atoms with Crippen LogP contribution in [0.25, 0.3) is 10.9 Å². The Morgan fingerprint density at radius 2 is 1.84 bits per heavy atom. The molecule has 0 unspecified atom stereocenters. The zero-order valence-corrected chi connectivity index (χ0v) is 26.7. The largest absolute Gasteiger partial charge is 0.496 e. The summed E-state index contributed by atoms with van der Waals surface area (Å²) >= 11 is 0. The minimum Gasteiger partial charge on any atom is -0.496 e. The van der Waals surface area contributed by atoms with E-state index in [1.165, 1.54) is 12.1 Å². The standard InChI is InChI=1S/C35H41N3O6S/c1-24-20-32(42-2)30(28-14-16-36-34(24)28)23-38-17-15-26-22-31(38)29-13-12-25(21-33(29)44-19-9-4-3-8-18-43-26)35(39)37-45(40,41)27-10-6-5-7-11-27/h5-7,10-14,16,20-21,26,31,36H,3-4,8-9,15,17-19,22-23H2,1-2H3,(H,37,39)/t26-,31-/m0/s1. The van der Waals surface area contributed by atoms with Crippen LogP contribution in [-0.4, -0.2) is 57.2 Å². The van der Waals surface area contributed by atoms with Crippen molar-refractivity contribution in [3.8, 4) is 11.5 Å². The molecule has 3 aromatic carbocycles. The molecule has 0 saturated carbocycles. The average Bonchev–Trinajstić information content (AvgIpc) is 3.55. The Kier molecular flexibility index (Phi) is 9.44. The van der Waals surface area contributed by atoms with Gasteiger partial charge in [-0.1, -0.05) is 30.7 Å². The number of amides is 1. The molecule has 1 amide bonds. The third-order valence-electron chi connectivity index (χ3n) is 8.92. The van der Waals surface area contributed by atoms with Gasteiger partial charge >= 0.3 is 0 Å². The van der Waals surface area contributed by atoms with E-state index in [9.17, 15) is 13.2 Å². The second-order valence-corrected chi connectivity index (χ2v) is 13.6. The van der Waals surface area contributed by atoms with Gasteiger partial charge in [0.05, 0.1) is 24.7 Å². The molecule has 0 radical (unpaired) electrons. The fourth-order valence-corrected chi connectivity index (χ4v) is 7.53. The lowest BCUT2D eigenvalue weighted by atomic mass is 9.90. The number of fused-ring (bicyclic) bond motifs is 5. The third-order valence-corrected chi connectivity index (χ3v) is 10.3. The highest BCUT2D eigenvalue weighted by Crippen LogP contribution is 2.41. The number of carbonyl (C=O) groups excluding carboxylic acids is 1. The van der Waals surface area contributed by atoms with E-state index in [-0.39, 0.29) is 22.6 Å². The molecule has 2 bridgehead atoms. The average molecular weight is 632 g/mol. The summed E-state index contributed by atoms with van der Waals surface area (Å²) in [6, 6.07) is 17.3. The Labute approximate surface area is 264 Å². The second kappa shape index (κ2) is 13.6. The number of aromatic nitrogens is 1. The lowest BCUT2D eigenvalue weighted by molar-refractivity contribution is -0.0203. The minimum absolute atomic E-state index is 0.0314.